The molecule has 23 heavy (non-hydrogen) atoms. The van der Waals surface area contributed by atoms with Gasteiger partial charge in [-0.3, -0.25) is 4.79 Å². The second kappa shape index (κ2) is 6.78. The maximum absolute atomic E-state index is 12.0. The van der Waals surface area contributed by atoms with Gasteiger partial charge in [0.2, 0.25) is 17.6 Å². The summed E-state index contributed by atoms with van der Waals surface area (Å²) in [5.74, 6) is 1.21. The molecular formula is C16H14BrN3O3. The van der Waals surface area contributed by atoms with Gasteiger partial charge in [-0.05, 0) is 36.8 Å². The summed E-state index contributed by atoms with van der Waals surface area (Å²) in [6, 6.07) is 9.16. The fraction of sp³-hybridized carbons (Fsp3) is 0.188. The molecule has 1 aromatic carbocycles. The number of amides is 1. The molecule has 0 fully saturated rings. The molecule has 1 amide bonds. The SMILES string of the molecule is Cc1ccc(NC(=O)CCc2nc(-c3ccco3)no2)cc1Br. The van der Waals surface area contributed by atoms with Crippen LogP contribution in [0.5, 0.6) is 0 Å². The van der Waals surface area contributed by atoms with E-state index in [9.17, 15) is 4.79 Å². The summed E-state index contributed by atoms with van der Waals surface area (Å²) in [7, 11) is 0. The average molecular weight is 376 g/mol. The fourth-order valence-corrected chi connectivity index (χ4v) is 2.36. The van der Waals surface area contributed by atoms with Crippen molar-refractivity contribution in [1.82, 2.24) is 10.1 Å². The molecule has 0 radical (unpaired) electrons. The predicted octanol–water partition coefficient (Wildman–Crippen LogP) is 3.97. The number of aromatic nitrogens is 2. The second-order valence-electron chi connectivity index (χ2n) is 5.00. The van der Waals surface area contributed by atoms with Crippen LogP contribution in [0.1, 0.15) is 17.9 Å². The van der Waals surface area contributed by atoms with Gasteiger partial charge in [0.15, 0.2) is 5.76 Å². The van der Waals surface area contributed by atoms with E-state index in [4.69, 9.17) is 8.94 Å². The van der Waals surface area contributed by atoms with Gasteiger partial charge in [-0.2, -0.15) is 4.98 Å². The molecule has 0 saturated carbocycles. The van der Waals surface area contributed by atoms with Gasteiger partial charge >= 0.3 is 0 Å². The molecule has 118 valence electrons. The van der Waals surface area contributed by atoms with Crippen molar-refractivity contribution in [2.45, 2.75) is 19.8 Å². The lowest BCUT2D eigenvalue weighted by Crippen LogP contribution is -2.12. The first-order valence-electron chi connectivity index (χ1n) is 7.04. The molecule has 0 aliphatic rings. The Morgan fingerprint density at radius 2 is 2.22 bits per heavy atom. The van der Waals surface area contributed by atoms with Crippen molar-refractivity contribution < 1.29 is 13.7 Å². The lowest BCUT2D eigenvalue weighted by Gasteiger charge is -2.06. The van der Waals surface area contributed by atoms with Crippen LogP contribution in [0.25, 0.3) is 11.6 Å². The third-order valence-electron chi connectivity index (χ3n) is 3.23. The minimum absolute atomic E-state index is 0.112. The minimum Gasteiger partial charge on any atom is -0.461 e. The van der Waals surface area contributed by atoms with Gasteiger partial charge in [0.05, 0.1) is 6.26 Å². The van der Waals surface area contributed by atoms with Crippen molar-refractivity contribution in [2.24, 2.45) is 0 Å². The Morgan fingerprint density at radius 1 is 1.35 bits per heavy atom. The first kappa shape index (κ1) is 15.5. The zero-order valence-corrected chi connectivity index (χ0v) is 14.0. The molecule has 3 rings (SSSR count). The summed E-state index contributed by atoms with van der Waals surface area (Å²) >= 11 is 3.44. The van der Waals surface area contributed by atoms with Crippen LogP contribution in [0.2, 0.25) is 0 Å². The zero-order valence-electron chi connectivity index (χ0n) is 12.4. The molecule has 3 aromatic rings. The number of hydrogen-bond acceptors (Lipinski definition) is 5. The van der Waals surface area contributed by atoms with Gasteiger partial charge in [0, 0.05) is 23.0 Å². The number of rotatable bonds is 5. The fourth-order valence-electron chi connectivity index (χ4n) is 1.98. The number of benzene rings is 1. The monoisotopic (exact) mass is 375 g/mol. The molecular weight excluding hydrogens is 362 g/mol. The number of hydrogen-bond donors (Lipinski definition) is 1. The second-order valence-corrected chi connectivity index (χ2v) is 5.86. The topological polar surface area (TPSA) is 81.2 Å². The van der Waals surface area contributed by atoms with Gasteiger partial charge in [-0.1, -0.05) is 27.2 Å². The van der Waals surface area contributed by atoms with E-state index in [1.54, 1.807) is 18.4 Å². The van der Waals surface area contributed by atoms with E-state index in [1.807, 2.05) is 25.1 Å². The third kappa shape index (κ3) is 3.87. The molecule has 0 aliphatic carbocycles. The molecule has 1 N–H and O–H groups in total. The minimum atomic E-state index is -0.112. The largest absolute Gasteiger partial charge is 0.461 e. The number of carbonyl (C=O) groups is 1. The smallest absolute Gasteiger partial charge is 0.238 e. The van der Waals surface area contributed by atoms with Crippen molar-refractivity contribution in [3.05, 3.63) is 52.5 Å². The third-order valence-corrected chi connectivity index (χ3v) is 4.09. The van der Waals surface area contributed by atoms with Crippen molar-refractivity contribution in [2.75, 3.05) is 5.32 Å². The van der Waals surface area contributed by atoms with E-state index in [1.165, 1.54) is 0 Å². The van der Waals surface area contributed by atoms with Crippen LogP contribution >= 0.6 is 15.9 Å². The highest BCUT2D eigenvalue weighted by Gasteiger charge is 2.12. The van der Waals surface area contributed by atoms with Gasteiger partial charge < -0.3 is 14.3 Å². The molecule has 2 heterocycles. The molecule has 0 saturated heterocycles. The number of nitrogens with zero attached hydrogens (tertiary/aromatic N) is 2. The first-order chi connectivity index (χ1) is 11.1. The predicted molar refractivity (Wildman–Crippen MR) is 87.8 cm³/mol. The van der Waals surface area contributed by atoms with Crippen LogP contribution < -0.4 is 5.32 Å². The van der Waals surface area contributed by atoms with Crippen molar-refractivity contribution in [3.63, 3.8) is 0 Å². The van der Waals surface area contributed by atoms with Crippen LogP contribution in [-0.2, 0) is 11.2 Å². The Balaban J connectivity index is 1.55. The average Bonchev–Trinajstić information content (AvgIpc) is 3.19. The molecule has 0 aliphatic heterocycles. The van der Waals surface area contributed by atoms with Crippen LogP contribution in [0.4, 0.5) is 5.69 Å². The number of aryl methyl sites for hydroxylation is 2. The summed E-state index contributed by atoms with van der Waals surface area (Å²) in [6.45, 7) is 1.99. The highest BCUT2D eigenvalue weighted by atomic mass is 79.9. The Hall–Kier alpha value is -2.41. The summed E-state index contributed by atoms with van der Waals surface area (Å²) in [5, 5.41) is 6.66. The summed E-state index contributed by atoms with van der Waals surface area (Å²) in [4.78, 5) is 16.2. The van der Waals surface area contributed by atoms with Crippen molar-refractivity contribution in [1.29, 1.82) is 0 Å². The van der Waals surface area contributed by atoms with Crippen LogP contribution in [0.3, 0.4) is 0 Å². The maximum Gasteiger partial charge on any atom is 0.238 e. The first-order valence-corrected chi connectivity index (χ1v) is 7.83. The molecule has 0 bridgehead atoms. The van der Waals surface area contributed by atoms with E-state index >= 15 is 0 Å². The molecule has 6 nitrogen and oxygen atoms in total. The van der Waals surface area contributed by atoms with Gasteiger partial charge in [-0.25, -0.2) is 0 Å². The number of halogens is 1. The van der Waals surface area contributed by atoms with Crippen molar-refractivity contribution in [3.8, 4) is 11.6 Å². The Bertz CT molecular complexity index is 812. The zero-order chi connectivity index (χ0) is 16.2. The lowest BCUT2D eigenvalue weighted by atomic mass is 10.2. The normalized spacial score (nSPS) is 10.7. The summed E-state index contributed by atoms with van der Waals surface area (Å²) in [5.41, 5.74) is 1.86. The Labute approximate surface area is 141 Å². The van der Waals surface area contributed by atoms with Gasteiger partial charge in [0.1, 0.15) is 0 Å². The highest BCUT2D eigenvalue weighted by molar-refractivity contribution is 9.10. The van der Waals surface area contributed by atoms with Crippen LogP contribution in [-0.4, -0.2) is 16.0 Å². The number of carbonyl (C=O) groups excluding carboxylic acids is 1. The van der Waals surface area contributed by atoms with E-state index in [0.29, 0.717) is 23.9 Å². The summed E-state index contributed by atoms with van der Waals surface area (Å²) in [6.07, 6.45) is 2.16. The Kier molecular flexibility index (Phi) is 4.57. The number of anilines is 1. The molecule has 2 aromatic heterocycles. The van der Waals surface area contributed by atoms with Gasteiger partial charge in [0.25, 0.3) is 0 Å². The van der Waals surface area contributed by atoms with E-state index in [2.05, 4.69) is 31.4 Å². The van der Waals surface area contributed by atoms with E-state index in [-0.39, 0.29) is 12.3 Å². The maximum atomic E-state index is 12.0. The number of furan rings is 1. The lowest BCUT2D eigenvalue weighted by molar-refractivity contribution is -0.116. The standard InChI is InChI=1S/C16H14BrN3O3/c1-10-4-5-11(9-12(10)17)18-14(21)6-7-15-19-16(20-23-15)13-3-2-8-22-13/h2-5,8-9H,6-7H2,1H3,(H,18,21). The molecule has 0 atom stereocenters. The molecule has 0 unspecified atom stereocenters. The van der Waals surface area contributed by atoms with E-state index in [0.717, 1.165) is 15.7 Å². The van der Waals surface area contributed by atoms with Crippen molar-refractivity contribution >= 4 is 27.5 Å². The summed E-state index contributed by atoms with van der Waals surface area (Å²) < 4.78 is 11.3. The van der Waals surface area contributed by atoms with Crippen LogP contribution in [0, 0.1) is 6.92 Å². The molecule has 0 spiro atoms. The number of nitrogens with one attached hydrogen (secondary N) is 1. The van der Waals surface area contributed by atoms with E-state index < -0.39 is 0 Å². The molecule has 7 heteroatoms. The quantitative estimate of drug-likeness (QED) is 0.729. The Morgan fingerprint density at radius 3 is 2.96 bits per heavy atom. The van der Waals surface area contributed by atoms with Crippen LogP contribution in [0.15, 0.2) is 50.0 Å². The highest BCUT2D eigenvalue weighted by Crippen LogP contribution is 2.21. The van der Waals surface area contributed by atoms with Gasteiger partial charge in [-0.15, -0.1) is 0 Å².